The number of aromatic nitrogens is 1. The average molecular weight is 233 g/mol. The van der Waals surface area contributed by atoms with Crippen LogP contribution in [-0.2, 0) is 11.3 Å². The van der Waals surface area contributed by atoms with Crippen molar-refractivity contribution in [3.8, 4) is 0 Å². The van der Waals surface area contributed by atoms with Crippen LogP contribution >= 0.6 is 0 Å². The summed E-state index contributed by atoms with van der Waals surface area (Å²) in [5, 5.41) is 3.35. The zero-order valence-electron chi connectivity index (χ0n) is 9.98. The Morgan fingerprint density at radius 2 is 1.94 bits per heavy atom. The normalized spacial score (nSPS) is 18.8. The van der Waals surface area contributed by atoms with Gasteiger partial charge in [0.15, 0.2) is 0 Å². The topological polar surface area (TPSA) is 68.0 Å². The van der Waals surface area contributed by atoms with Crippen molar-refractivity contribution < 1.29 is 4.79 Å². The molecule has 1 fully saturated rings. The molecule has 3 N–H and O–H groups in total. The lowest BCUT2D eigenvalue weighted by atomic mass is 9.81. The third kappa shape index (κ3) is 2.82. The van der Waals surface area contributed by atoms with Crippen molar-refractivity contribution in [3.63, 3.8) is 0 Å². The third-order valence-electron chi connectivity index (χ3n) is 3.56. The van der Waals surface area contributed by atoms with Gasteiger partial charge in [-0.15, -0.1) is 0 Å². The number of pyridine rings is 1. The van der Waals surface area contributed by atoms with Crippen LogP contribution in [-0.4, -0.2) is 16.4 Å². The molecule has 1 saturated carbocycles. The molecule has 0 aromatic carbocycles. The van der Waals surface area contributed by atoms with Gasteiger partial charge in [-0.05, 0) is 30.5 Å². The number of hydrogen-bond donors (Lipinski definition) is 2. The molecule has 1 aromatic rings. The highest BCUT2D eigenvalue weighted by Crippen LogP contribution is 2.28. The smallest absolute Gasteiger partial charge is 0.237 e. The predicted octanol–water partition coefficient (Wildman–Crippen LogP) is 1.36. The van der Waals surface area contributed by atoms with Crippen LogP contribution < -0.4 is 11.1 Å². The molecule has 2 rings (SSSR count). The van der Waals surface area contributed by atoms with Crippen LogP contribution in [0.3, 0.4) is 0 Å². The highest BCUT2D eigenvalue weighted by molar-refractivity contribution is 5.84. The summed E-state index contributed by atoms with van der Waals surface area (Å²) in [7, 11) is 0. The standard InChI is InChI=1S/C13H19N3O/c14-12(17)13(6-2-1-3-7-13)16-10-11-4-8-15-9-5-11/h4-5,8-9,16H,1-3,6-7,10H2,(H2,14,17). The molecular weight excluding hydrogens is 214 g/mol. The monoisotopic (exact) mass is 233 g/mol. The van der Waals surface area contributed by atoms with Crippen LogP contribution in [0.25, 0.3) is 0 Å². The van der Waals surface area contributed by atoms with Crippen molar-refractivity contribution in [2.24, 2.45) is 5.73 Å². The Morgan fingerprint density at radius 1 is 1.29 bits per heavy atom. The number of carbonyl (C=O) groups excluding carboxylic acids is 1. The third-order valence-corrected chi connectivity index (χ3v) is 3.56. The summed E-state index contributed by atoms with van der Waals surface area (Å²) in [6, 6.07) is 3.90. The first-order valence-corrected chi connectivity index (χ1v) is 6.17. The summed E-state index contributed by atoms with van der Waals surface area (Å²) in [5.74, 6) is -0.216. The Labute approximate surface area is 102 Å². The van der Waals surface area contributed by atoms with E-state index in [4.69, 9.17) is 5.73 Å². The lowest BCUT2D eigenvalue weighted by Gasteiger charge is -2.35. The number of amides is 1. The molecule has 0 unspecified atom stereocenters. The summed E-state index contributed by atoms with van der Waals surface area (Å²) < 4.78 is 0. The molecule has 0 aliphatic heterocycles. The van der Waals surface area contributed by atoms with E-state index in [1.54, 1.807) is 12.4 Å². The molecule has 0 bridgehead atoms. The molecule has 0 saturated heterocycles. The average Bonchev–Trinajstić information content (AvgIpc) is 2.38. The van der Waals surface area contributed by atoms with E-state index in [9.17, 15) is 4.79 Å². The number of primary amides is 1. The summed E-state index contributed by atoms with van der Waals surface area (Å²) in [6.07, 6.45) is 8.58. The van der Waals surface area contributed by atoms with Gasteiger partial charge in [-0.1, -0.05) is 19.3 Å². The van der Waals surface area contributed by atoms with Crippen LogP contribution in [0.2, 0.25) is 0 Å². The maximum absolute atomic E-state index is 11.6. The van der Waals surface area contributed by atoms with E-state index in [0.29, 0.717) is 6.54 Å². The molecule has 1 aliphatic carbocycles. The maximum atomic E-state index is 11.6. The Bertz CT molecular complexity index is 372. The largest absolute Gasteiger partial charge is 0.368 e. The predicted molar refractivity (Wildman–Crippen MR) is 66.1 cm³/mol. The van der Waals surface area contributed by atoms with Gasteiger partial charge >= 0.3 is 0 Å². The molecule has 4 heteroatoms. The molecule has 1 aliphatic rings. The Morgan fingerprint density at radius 3 is 2.53 bits per heavy atom. The van der Waals surface area contributed by atoms with Crippen LogP contribution in [0, 0.1) is 0 Å². The second-order valence-electron chi connectivity index (χ2n) is 4.72. The molecule has 0 spiro atoms. The molecule has 4 nitrogen and oxygen atoms in total. The first-order chi connectivity index (χ1) is 8.23. The van der Waals surface area contributed by atoms with Crippen LogP contribution in [0.1, 0.15) is 37.7 Å². The van der Waals surface area contributed by atoms with E-state index < -0.39 is 5.54 Å². The highest BCUT2D eigenvalue weighted by Gasteiger charge is 2.36. The van der Waals surface area contributed by atoms with Crippen LogP contribution in [0.15, 0.2) is 24.5 Å². The van der Waals surface area contributed by atoms with E-state index in [0.717, 1.165) is 31.2 Å². The first-order valence-electron chi connectivity index (χ1n) is 6.17. The minimum absolute atomic E-state index is 0.216. The van der Waals surface area contributed by atoms with Crippen molar-refractivity contribution in [3.05, 3.63) is 30.1 Å². The van der Waals surface area contributed by atoms with Gasteiger partial charge in [0, 0.05) is 18.9 Å². The molecule has 1 amide bonds. The van der Waals surface area contributed by atoms with Crippen molar-refractivity contribution >= 4 is 5.91 Å². The van der Waals surface area contributed by atoms with Gasteiger partial charge in [0.1, 0.15) is 0 Å². The maximum Gasteiger partial charge on any atom is 0.237 e. The Hall–Kier alpha value is -1.42. The van der Waals surface area contributed by atoms with Crippen molar-refractivity contribution in [1.29, 1.82) is 0 Å². The molecule has 0 radical (unpaired) electrons. The molecular formula is C13H19N3O. The van der Waals surface area contributed by atoms with Gasteiger partial charge < -0.3 is 5.73 Å². The summed E-state index contributed by atoms with van der Waals surface area (Å²) in [5.41, 5.74) is 6.18. The van der Waals surface area contributed by atoms with Crippen molar-refractivity contribution in [2.45, 2.75) is 44.2 Å². The zero-order chi connectivity index (χ0) is 12.1. The van der Waals surface area contributed by atoms with Gasteiger partial charge in [-0.3, -0.25) is 15.1 Å². The fourth-order valence-electron chi connectivity index (χ4n) is 2.44. The van der Waals surface area contributed by atoms with E-state index in [1.165, 1.54) is 6.42 Å². The van der Waals surface area contributed by atoms with Gasteiger partial charge in [0.05, 0.1) is 5.54 Å². The number of nitrogens with two attached hydrogens (primary N) is 1. The van der Waals surface area contributed by atoms with Crippen molar-refractivity contribution in [2.75, 3.05) is 0 Å². The lowest BCUT2D eigenvalue weighted by Crippen LogP contribution is -2.56. The Balaban J connectivity index is 2.01. The number of nitrogens with zero attached hydrogens (tertiary/aromatic N) is 1. The number of nitrogens with one attached hydrogen (secondary N) is 1. The van der Waals surface area contributed by atoms with E-state index in [1.807, 2.05) is 12.1 Å². The molecule has 0 atom stereocenters. The van der Waals surface area contributed by atoms with Crippen LogP contribution in [0.4, 0.5) is 0 Å². The lowest BCUT2D eigenvalue weighted by molar-refractivity contribution is -0.125. The fraction of sp³-hybridized carbons (Fsp3) is 0.538. The quantitative estimate of drug-likeness (QED) is 0.825. The summed E-state index contributed by atoms with van der Waals surface area (Å²) >= 11 is 0. The summed E-state index contributed by atoms with van der Waals surface area (Å²) in [6.45, 7) is 0.672. The van der Waals surface area contributed by atoms with Crippen LogP contribution in [0.5, 0.6) is 0 Å². The number of rotatable bonds is 4. The van der Waals surface area contributed by atoms with Gasteiger partial charge in [-0.25, -0.2) is 0 Å². The molecule has 1 heterocycles. The second-order valence-corrected chi connectivity index (χ2v) is 4.72. The van der Waals surface area contributed by atoms with Gasteiger partial charge in [0.25, 0.3) is 0 Å². The van der Waals surface area contributed by atoms with Crippen molar-refractivity contribution in [1.82, 2.24) is 10.3 Å². The first kappa shape index (κ1) is 12.0. The zero-order valence-corrected chi connectivity index (χ0v) is 9.98. The highest BCUT2D eigenvalue weighted by atomic mass is 16.1. The minimum atomic E-state index is -0.498. The van der Waals surface area contributed by atoms with E-state index >= 15 is 0 Å². The SMILES string of the molecule is NC(=O)C1(NCc2ccncc2)CCCCC1. The summed E-state index contributed by atoms with van der Waals surface area (Å²) in [4.78, 5) is 15.6. The van der Waals surface area contributed by atoms with Gasteiger partial charge in [0.2, 0.25) is 5.91 Å². The second kappa shape index (κ2) is 5.27. The number of hydrogen-bond acceptors (Lipinski definition) is 3. The molecule has 17 heavy (non-hydrogen) atoms. The Kier molecular flexibility index (Phi) is 3.74. The number of carbonyl (C=O) groups is 1. The van der Waals surface area contributed by atoms with E-state index in [2.05, 4.69) is 10.3 Å². The molecule has 1 aromatic heterocycles. The minimum Gasteiger partial charge on any atom is -0.368 e. The van der Waals surface area contributed by atoms with Gasteiger partial charge in [-0.2, -0.15) is 0 Å². The van der Waals surface area contributed by atoms with E-state index in [-0.39, 0.29) is 5.91 Å². The molecule has 92 valence electrons. The fourth-order valence-corrected chi connectivity index (χ4v) is 2.44.